The van der Waals surface area contributed by atoms with Gasteiger partial charge in [0.2, 0.25) is 0 Å². The van der Waals surface area contributed by atoms with Gasteiger partial charge in [-0.05, 0) is 38.1 Å². The van der Waals surface area contributed by atoms with Crippen molar-refractivity contribution in [2.24, 2.45) is 0 Å². The summed E-state index contributed by atoms with van der Waals surface area (Å²) in [7, 11) is 0. The number of quaternary nitrogens is 1. The summed E-state index contributed by atoms with van der Waals surface area (Å²) in [6.45, 7) is 5.78. The van der Waals surface area contributed by atoms with Crippen molar-refractivity contribution in [2.45, 2.75) is 19.9 Å². The highest BCUT2D eigenvalue weighted by Gasteiger charge is 2.07. The molecule has 0 aliphatic rings. The van der Waals surface area contributed by atoms with E-state index in [0.717, 1.165) is 12.3 Å². The Labute approximate surface area is 91.1 Å². The molecule has 0 saturated carbocycles. The zero-order chi connectivity index (χ0) is 11.1. The molecule has 1 aromatic rings. The zero-order valence-electron chi connectivity index (χ0n) is 9.44. The molecular formula is C12H20NO2+. The van der Waals surface area contributed by atoms with Crippen molar-refractivity contribution in [3.63, 3.8) is 0 Å². The standard InChI is InChI=1S/C12H19NO2/c1-3-15-12-6-4-11(5-7-12)10(2)13-8-9-14/h4-7,10,13-14H,3,8-9H2,1-2H3/p+1/t10-/m1/s1. The number of benzene rings is 1. The Hall–Kier alpha value is -1.06. The van der Waals surface area contributed by atoms with Crippen LogP contribution in [0.4, 0.5) is 0 Å². The fraction of sp³-hybridized carbons (Fsp3) is 0.500. The van der Waals surface area contributed by atoms with Gasteiger partial charge >= 0.3 is 0 Å². The van der Waals surface area contributed by atoms with Crippen LogP contribution in [0.5, 0.6) is 5.75 Å². The topological polar surface area (TPSA) is 46.1 Å². The van der Waals surface area contributed by atoms with Crippen molar-refractivity contribution in [1.29, 1.82) is 0 Å². The molecule has 0 fully saturated rings. The molecular weight excluding hydrogens is 190 g/mol. The van der Waals surface area contributed by atoms with E-state index in [-0.39, 0.29) is 6.61 Å². The third-order valence-electron chi connectivity index (χ3n) is 2.37. The average molecular weight is 210 g/mol. The fourth-order valence-electron chi connectivity index (χ4n) is 1.49. The van der Waals surface area contributed by atoms with Crippen LogP contribution in [0.25, 0.3) is 0 Å². The molecule has 1 aromatic carbocycles. The summed E-state index contributed by atoms with van der Waals surface area (Å²) in [6.07, 6.45) is 0. The van der Waals surface area contributed by atoms with Gasteiger partial charge in [0, 0.05) is 5.56 Å². The Bertz CT molecular complexity index is 271. The summed E-state index contributed by atoms with van der Waals surface area (Å²) in [5.74, 6) is 0.913. The van der Waals surface area contributed by atoms with E-state index in [9.17, 15) is 0 Å². The predicted molar refractivity (Wildman–Crippen MR) is 59.9 cm³/mol. The Balaban J connectivity index is 2.54. The minimum Gasteiger partial charge on any atom is -0.494 e. The molecule has 0 unspecified atom stereocenters. The minimum absolute atomic E-state index is 0.224. The van der Waals surface area contributed by atoms with Crippen molar-refractivity contribution in [3.8, 4) is 5.75 Å². The van der Waals surface area contributed by atoms with E-state index in [0.29, 0.717) is 12.6 Å². The number of ether oxygens (including phenoxy) is 1. The average Bonchev–Trinajstić information content (AvgIpc) is 2.27. The van der Waals surface area contributed by atoms with E-state index in [1.54, 1.807) is 0 Å². The molecule has 1 atom stereocenters. The first-order chi connectivity index (χ1) is 7.27. The lowest BCUT2D eigenvalue weighted by molar-refractivity contribution is -0.693. The van der Waals surface area contributed by atoms with Crippen LogP contribution in [-0.4, -0.2) is 24.9 Å². The van der Waals surface area contributed by atoms with Crippen LogP contribution < -0.4 is 10.1 Å². The highest BCUT2D eigenvalue weighted by atomic mass is 16.5. The number of aliphatic hydroxyl groups is 1. The van der Waals surface area contributed by atoms with Gasteiger partial charge < -0.3 is 15.2 Å². The lowest BCUT2D eigenvalue weighted by Gasteiger charge is -2.10. The third-order valence-corrected chi connectivity index (χ3v) is 2.37. The predicted octanol–water partition coefficient (Wildman–Crippen LogP) is 0.702. The first kappa shape index (κ1) is 12.0. The minimum atomic E-state index is 0.224. The zero-order valence-corrected chi connectivity index (χ0v) is 9.44. The fourth-order valence-corrected chi connectivity index (χ4v) is 1.49. The van der Waals surface area contributed by atoms with Gasteiger partial charge in [0.05, 0.1) is 19.8 Å². The van der Waals surface area contributed by atoms with Gasteiger partial charge in [-0.1, -0.05) is 0 Å². The van der Waals surface area contributed by atoms with E-state index in [4.69, 9.17) is 9.84 Å². The molecule has 1 rings (SSSR count). The molecule has 15 heavy (non-hydrogen) atoms. The van der Waals surface area contributed by atoms with Crippen LogP contribution in [0.3, 0.4) is 0 Å². The highest BCUT2D eigenvalue weighted by molar-refractivity contribution is 5.28. The Morgan fingerprint density at radius 1 is 1.33 bits per heavy atom. The molecule has 84 valence electrons. The van der Waals surface area contributed by atoms with Crippen LogP contribution in [0.1, 0.15) is 25.5 Å². The van der Waals surface area contributed by atoms with Gasteiger partial charge in [0.15, 0.2) is 0 Å². The quantitative estimate of drug-likeness (QED) is 0.726. The van der Waals surface area contributed by atoms with Crippen LogP contribution in [0, 0.1) is 0 Å². The van der Waals surface area contributed by atoms with Crippen LogP contribution in [-0.2, 0) is 0 Å². The van der Waals surface area contributed by atoms with Crippen molar-refractivity contribution >= 4 is 0 Å². The second-order valence-corrected chi connectivity index (χ2v) is 3.54. The Kier molecular flexibility index (Phi) is 5.15. The van der Waals surface area contributed by atoms with Crippen molar-refractivity contribution < 1.29 is 15.2 Å². The van der Waals surface area contributed by atoms with E-state index < -0.39 is 0 Å². The van der Waals surface area contributed by atoms with Crippen molar-refractivity contribution in [3.05, 3.63) is 29.8 Å². The molecule has 0 bridgehead atoms. The van der Waals surface area contributed by atoms with Gasteiger partial charge in [-0.3, -0.25) is 0 Å². The normalized spacial score (nSPS) is 12.5. The molecule has 0 amide bonds. The van der Waals surface area contributed by atoms with Crippen molar-refractivity contribution in [2.75, 3.05) is 19.8 Å². The smallest absolute Gasteiger partial charge is 0.119 e. The van der Waals surface area contributed by atoms with E-state index in [1.165, 1.54) is 5.56 Å². The molecule has 0 aromatic heterocycles. The lowest BCUT2D eigenvalue weighted by Crippen LogP contribution is -2.85. The second kappa shape index (κ2) is 6.43. The maximum Gasteiger partial charge on any atom is 0.119 e. The molecule has 3 heteroatoms. The SMILES string of the molecule is CCOc1ccc([C@@H](C)[NH2+]CCO)cc1. The number of hydrogen-bond donors (Lipinski definition) is 2. The van der Waals surface area contributed by atoms with Gasteiger partial charge in [0.1, 0.15) is 11.8 Å². The Morgan fingerprint density at radius 2 is 2.00 bits per heavy atom. The summed E-state index contributed by atoms with van der Waals surface area (Å²) in [6, 6.07) is 8.50. The molecule has 0 radical (unpaired) electrons. The highest BCUT2D eigenvalue weighted by Crippen LogP contribution is 2.15. The lowest BCUT2D eigenvalue weighted by atomic mass is 10.1. The molecule has 0 aliphatic carbocycles. The van der Waals surface area contributed by atoms with Crippen LogP contribution in [0.2, 0.25) is 0 Å². The summed E-state index contributed by atoms with van der Waals surface area (Å²) in [4.78, 5) is 0. The number of rotatable bonds is 6. The first-order valence-electron chi connectivity index (χ1n) is 5.45. The van der Waals surface area contributed by atoms with Gasteiger partial charge in [-0.15, -0.1) is 0 Å². The molecule has 0 saturated heterocycles. The summed E-state index contributed by atoms with van der Waals surface area (Å²) < 4.78 is 5.37. The van der Waals surface area contributed by atoms with Gasteiger partial charge in [0.25, 0.3) is 0 Å². The maximum absolute atomic E-state index is 8.72. The van der Waals surface area contributed by atoms with Crippen LogP contribution in [0.15, 0.2) is 24.3 Å². The number of hydrogen-bond acceptors (Lipinski definition) is 2. The number of aliphatic hydroxyl groups excluding tert-OH is 1. The molecule has 0 aliphatic heterocycles. The largest absolute Gasteiger partial charge is 0.494 e. The van der Waals surface area contributed by atoms with E-state index in [2.05, 4.69) is 24.4 Å². The van der Waals surface area contributed by atoms with E-state index in [1.807, 2.05) is 19.1 Å². The molecule has 0 spiro atoms. The monoisotopic (exact) mass is 210 g/mol. The molecule has 0 heterocycles. The summed E-state index contributed by atoms with van der Waals surface area (Å²) in [5, 5.41) is 10.8. The summed E-state index contributed by atoms with van der Waals surface area (Å²) >= 11 is 0. The van der Waals surface area contributed by atoms with Gasteiger partial charge in [-0.25, -0.2) is 0 Å². The van der Waals surface area contributed by atoms with E-state index >= 15 is 0 Å². The maximum atomic E-state index is 8.72. The molecule has 3 nitrogen and oxygen atoms in total. The molecule has 3 N–H and O–H groups in total. The summed E-state index contributed by atoms with van der Waals surface area (Å²) in [5.41, 5.74) is 1.26. The first-order valence-corrected chi connectivity index (χ1v) is 5.45. The van der Waals surface area contributed by atoms with Crippen molar-refractivity contribution in [1.82, 2.24) is 0 Å². The Morgan fingerprint density at radius 3 is 2.53 bits per heavy atom. The number of nitrogens with two attached hydrogens (primary N) is 1. The van der Waals surface area contributed by atoms with Crippen LogP contribution >= 0.6 is 0 Å². The van der Waals surface area contributed by atoms with Gasteiger partial charge in [-0.2, -0.15) is 0 Å². The second-order valence-electron chi connectivity index (χ2n) is 3.54. The third kappa shape index (κ3) is 3.90.